The molecule has 2 N–H and O–H groups in total. The number of nitrogens with zero attached hydrogens (tertiary/aromatic N) is 2. The highest BCUT2D eigenvalue weighted by Gasteiger charge is 2.30. The number of carbonyl (C=O) groups is 1. The van der Waals surface area contributed by atoms with Gasteiger partial charge in [0.2, 0.25) is 0 Å². The molecule has 1 amide bonds. The predicted molar refractivity (Wildman–Crippen MR) is 68.9 cm³/mol. The molecule has 0 radical (unpaired) electrons. The molecule has 0 fully saturated rings. The van der Waals surface area contributed by atoms with E-state index in [0.29, 0.717) is 5.69 Å². The Kier molecular flexibility index (Phi) is 4.32. The molecule has 0 aliphatic carbocycles. The fourth-order valence-electron chi connectivity index (χ4n) is 2.24. The van der Waals surface area contributed by atoms with Gasteiger partial charge in [0, 0.05) is 12.6 Å². The SMILES string of the molecule is CCCCC(C)(CC)c1cnn(C)c1C(N)=O. The van der Waals surface area contributed by atoms with Gasteiger partial charge in [-0.25, -0.2) is 0 Å². The van der Waals surface area contributed by atoms with Gasteiger partial charge in [0.05, 0.1) is 6.20 Å². The summed E-state index contributed by atoms with van der Waals surface area (Å²) in [7, 11) is 1.76. The topological polar surface area (TPSA) is 60.9 Å². The summed E-state index contributed by atoms with van der Waals surface area (Å²) in [4.78, 5) is 11.5. The van der Waals surface area contributed by atoms with Crippen LogP contribution in [0.15, 0.2) is 6.20 Å². The van der Waals surface area contributed by atoms with Crippen LogP contribution in [0.25, 0.3) is 0 Å². The van der Waals surface area contributed by atoms with E-state index in [2.05, 4.69) is 25.9 Å². The Hall–Kier alpha value is -1.32. The Labute approximate surface area is 103 Å². The largest absolute Gasteiger partial charge is 0.364 e. The first-order chi connectivity index (χ1) is 7.96. The lowest BCUT2D eigenvalue weighted by Gasteiger charge is -2.28. The molecule has 96 valence electrons. The lowest BCUT2D eigenvalue weighted by molar-refractivity contribution is 0.0988. The van der Waals surface area contributed by atoms with Crippen LogP contribution in [0.1, 0.15) is 62.5 Å². The number of aromatic nitrogens is 2. The molecule has 1 aromatic heterocycles. The second-order valence-electron chi connectivity index (χ2n) is 4.91. The van der Waals surface area contributed by atoms with Crippen LogP contribution in [-0.2, 0) is 12.5 Å². The first-order valence-electron chi connectivity index (χ1n) is 6.28. The molecule has 1 unspecified atom stereocenters. The van der Waals surface area contributed by atoms with Crippen LogP contribution in [0.3, 0.4) is 0 Å². The van der Waals surface area contributed by atoms with Crippen LogP contribution < -0.4 is 5.73 Å². The Bertz CT molecular complexity index is 397. The highest BCUT2D eigenvalue weighted by atomic mass is 16.1. The van der Waals surface area contributed by atoms with E-state index < -0.39 is 5.91 Å². The molecule has 4 nitrogen and oxygen atoms in total. The molecule has 1 aromatic rings. The number of carbonyl (C=O) groups excluding carboxylic acids is 1. The van der Waals surface area contributed by atoms with Crippen molar-refractivity contribution in [3.05, 3.63) is 17.5 Å². The third kappa shape index (κ3) is 2.68. The quantitative estimate of drug-likeness (QED) is 0.825. The summed E-state index contributed by atoms with van der Waals surface area (Å²) in [6.45, 7) is 6.51. The minimum Gasteiger partial charge on any atom is -0.364 e. The molecule has 0 aliphatic heterocycles. The van der Waals surface area contributed by atoms with E-state index in [0.717, 1.165) is 31.2 Å². The fraction of sp³-hybridized carbons (Fsp3) is 0.692. The molecule has 0 saturated heterocycles. The second kappa shape index (κ2) is 5.34. The zero-order chi connectivity index (χ0) is 13.1. The Morgan fingerprint density at radius 2 is 2.18 bits per heavy atom. The normalized spacial score (nSPS) is 14.6. The monoisotopic (exact) mass is 237 g/mol. The first kappa shape index (κ1) is 13.7. The van der Waals surface area contributed by atoms with Crippen molar-refractivity contribution in [1.29, 1.82) is 0 Å². The average Bonchev–Trinajstić information content (AvgIpc) is 2.68. The number of primary amides is 1. The first-order valence-corrected chi connectivity index (χ1v) is 6.28. The van der Waals surface area contributed by atoms with E-state index in [1.54, 1.807) is 17.9 Å². The van der Waals surface area contributed by atoms with Crippen LogP contribution in [0.5, 0.6) is 0 Å². The maximum Gasteiger partial charge on any atom is 0.267 e. The van der Waals surface area contributed by atoms with Gasteiger partial charge in [0.1, 0.15) is 5.69 Å². The lowest BCUT2D eigenvalue weighted by Crippen LogP contribution is -2.26. The van der Waals surface area contributed by atoms with Gasteiger partial charge in [-0.3, -0.25) is 9.48 Å². The number of hydrogen-bond acceptors (Lipinski definition) is 2. The molecule has 0 aliphatic rings. The summed E-state index contributed by atoms with van der Waals surface area (Å²) in [6.07, 6.45) is 6.14. The van der Waals surface area contributed by atoms with E-state index >= 15 is 0 Å². The third-order valence-corrected chi connectivity index (χ3v) is 3.68. The molecule has 0 spiro atoms. The zero-order valence-corrected chi connectivity index (χ0v) is 11.3. The number of unbranched alkanes of at least 4 members (excludes halogenated alkanes) is 1. The molecule has 0 aromatic carbocycles. The van der Waals surface area contributed by atoms with E-state index in [9.17, 15) is 4.79 Å². The highest BCUT2D eigenvalue weighted by molar-refractivity contribution is 5.92. The Morgan fingerprint density at radius 3 is 2.65 bits per heavy atom. The zero-order valence-electron chi connectivity index (χ0n) is 11.3. The fourth-order valence-corrected chi connectivity index (χ4v) is 2.24. The standard InChI is InChI=1S/C13H23N3O/c1-5-7-8-13(3,6-2)10-9-15-16(4)11(10)12(14)17/h9H,5-8H2,1-4H3,(H2,14,17). The molecule has 17 heavy (non-hydrogen) atoms. The maximum absolute atomic E-state index is 11.5. The second-order valence-corrected chi connectivity index (χ2v) is 4.91. The summed E-state index contributed by atoms with van der Waals surface area (Å²) in [5, 5.41) is 4.18. The van der Waals surface area contributed by atoms with E-state index in [4.69, 9.17) is 5.73 Å². The van der Waals surface area contributed by atoms with Crippen molar-refractivity contribution in [2.45, 2.75) is 51.9 Å². The number of rotatable bonds is 6. The maximum atomic E-state index is 11.5. The number of hydrogen-bond donors (Lipinski definition) is 1. The molecule has 0 saturated carbocycles. The van der Waals surface area contributed by atoms with Gasteiger partial charge >= 0.3 is 0 Å². The summed E-state index contributed by atoms with van der Waals surface area (Å²) in [5.41, 5.74) is 6.97. The lowest BCUT2D eigenvalue weighted by atomic mass is 9.76. The van der Waals surface area contributed by atoms with Crippen LogP contribution >= 0.6 is 0 Å². The van der Waals surface area contributed by atoms with Crippen molar-refractivity contribution in [2.24, 2.45) is 12.8 Å². The van der Waals surface area contributed by atoms with Crippen molar-refractivity contribution >= 4 is 5.91 Å². The van der Waals surface area contributed by atoms with Crippen LogP contribution in [0, 0.1) is 0 Å². The molecule has 4 heteroatoms. The highest BCUT2D eigenvalue weighted by Crippen LogP contribution is 2.34. The smallest absolute Gasteiger partial charge is 0.267 e. The average molecular weight is 237 g/mol. The number of amides is 1. The van der Waals surface area contributed by atoms with Crippen molar-refractivity contribution in [1.82, 2.24) is 9.78 Å². The van der Waals surface area contributed by atoms with Gasteiger partial charge in [0.15, 0.2) is 0 Å². The minimum absolute atomic E-state index is 0.00532. The van der Waals surface area contributed by atoms with Gasteiger partial charge in [-0.2, -0.15) is 5.10 Å². The summed E-state index contributed by atoms with van der Waals surface area (Å²) < 4.78 is 1.58. The van der Waals surface area contributed by atoms with E-state index in [-0.39, 0.29) is 5.41 Å². The molecule has 1 atom stereocenters. The van der Waals surface area contributed by atoms with Crippen molar-refractivity contribution in [3.8, 4) is 0 Å². The van der Waals surface area contributed by atoms with Crippen molar-refractivity contribution in [3.63, 3.8) is 0 Å². The van der Waals surface area contributed by atoms with Gasteiger partial charge < -0.3 is 5.73 Å². The predicted octanol–water partition coefficient (Wildman–Crippen LogP) is 2.38. The van der Waals surface area contributed by atoms with Crippen LogP contribution in [-0.4, -0.2) is 15.7 Å². The van der Waals surface area contributed by atoms with Gasteiger partial charge in [0.25, 0.3) is 5.91 Å². The molecular formula is C13H23N3O. The van der Waals surface area contributed by atoms with Gasteiger partial charge in [-0.1, -0.05) is 33.6 Å². The summed E-state index contributed by atoms with van der Waals surface area (Å²) in [5.74, 6) is -0.392. The Balaban J connectivity index is 3.15. The summed E-state index contributed by atoms with van der Waals surface area (Å²) in [6, 6.07) is 0. The molecule has 1 heterocycles. The number of aryl methyl sites for hydroxylation is 1. The number of nitrogens with two attached hydrogens (primary N) is 1. The van der Waals surface area contributed by atoms with Crippen LogP contribution in [0.2, 0.25) is 0 Å². The molecule has 0 bridgehead atoms. The van der Waals surface area contributed by atoms with E-state index in [1.165, 1.54) is 0 Å². The van der Waals surface area contributed by atoms with Crippen molar-refractivity contribution in [2.75, 3.05) is 0 Å². The van der Waals surface area contributed by atoms with Gasteiger partial charge in [-0.15, -0.1) is 0 Å². The van der Waals surface area contributed by atoms with Crippen molar-refractivity contribution < 1.29 is 4.79 Å². The van der Waals surface area contributed by atoms with Crippen LogP contribution in [0.4, 0.5) is 0 Å². The Morgan fingerprint density at radius 1 is 1.53 bits per heavy atom. The minimum atomic E-state index is -0.392. The van der Waals surface area contributed by atoms with Gasteiger partial charge in [-0.05, 0) is 18.3 Å². The third-order valence-electron chi connectivity index (χ3n) is 3.68. The molecule has 1 rings (SSSR count). The molecular weight excluding hydrogens is 214 g/mol. The van der Waals surface area contributed by atoms with E-state index in [1.807, 2.05) is 0 Å². The summed E-state index contributed by atoms with van der Waals surface area (Å²) >= 11 is 0.